The quantitative estimate of drug-likeness (QED) is 0.634. The molecule has 1 aliphatic rings. The van der Waals surface area contributed by atoms with Crippen molar-refractivity contribution in [2.75, 3.05) is 47.5 Å². The molecule has 0 radical (unpaired) electrons. The Kier molecular flexibility index (Phi) is 8.72. The summed E-state index contributed by atoms with van der Waals surface area (Å²) < 4.78 is 16.3. The number of benzene rings is 1. The van der Waals surface area contributed by atoms with Crippen LogP contribution in [-0.2, 0) is 4.79 Å². The number of carbonyl (C=O) groups excluding carboxylic acids is 1. The molecule has 1 heterocycles. The van der Waals surface area contributed by atoms with Crippen molar-refractivity contribution in [2.24, 2.45) is 11.8 Å². The number of amides is 1. The van der Waals surface area contributed by atoms with Crippen molar-refractivity contribution >= 4 is 5.91 Å². The van der Waals surface area contributed by atoms with E-state index < -0.39 is 0 Å². The highest BCUT2D eigenvalue weighted by Crippen LogP contribution is 2.27. The zero-order chi connectivity index (χ0) is 19.6. The summed E-state index contributed by atoms with van der Waals surface area (Å²) in [6.45, 7) is 5.57. The van der Waals surface area contributed by atoms with Crippen molar-refractivity contribution < 1.29 is 19.0 Å². The molecule has 1 fully saturated rings. The zero-order valence-electron chi connectivity index (χ0n) is 17.1. The molecule has 1 aliphatic heterocycles. The Morgan fingerprint density at radius 1 is 1.22 bits per heavy atom. The number of nitrogens with zero attached hydrogens (tertiary/aromatic N) is 1. The Morgan fingerprint density at radius 2 is 1.89 bits per heavy atom. The van der Waals surface area contributed by atoms with Crippen molar-refractivity contribution in [2.45, 2.75) is 32.6 Å². The largest absolute Gasteiger partial charge is 0.496 e. The molecule has 0 bridgehead atoms. The van der Waals surface area contributed by atoms with Gasteiger partial charge in [-0.3, -0.25) is 4.79 Å². The standard InChI is InChI=1S/C21H34N2O4/c1-16(17-7-5-8-22-15-17)11-21(24)23(2)9-6-10-27-20-13-18(25-3)12-19(14-20)26-4/h12-14,16-17,22H,5-11,15H2,1-4H3. The van der Waals surface area contributed by atoms with Crippen molar-refractivity contribution in [3.8, 4) is 17.2 Å². The van der Waals surface area contributed by atoms with Crippen LogP contribution in [0.25, 0.3) is 0 Å². The highest BCUT2D eigenvalue weighted by Gasteiger charge is 2.23. The van der Waals surface area contributed by atoms with E-state index in [1.165, 1.54) is 12.8 Å². The van der Waals surface area contributed by atoms with Crippen LogP contribution in [0.3, 0.4) is 0 Å². The molecule has 2 atom stereocenters. The average molecular weight is 379 g/mol. The molecule has 0 spiro atoms. The number of nitrogens with one attached hydrogen (secondary N) is 1. The highest BCUT2D eigenvalue weighted by atomic mass is 16.5. The summed E-state index contributed by atoms with van der Waals surface area (Å²) in [6.07, 6.45) is 3.84. The maximum absolute atomic E-state index is 12.5. The van der Waals surface area contributed by atoms with E-state index in [0.29, 0.717) is 48.7 Å². The Hall–Kier alpha value is -1.95. The van der Waals surface area contributed by atoms with Gasteiger partial charge in [-0.25, -0.2) is 0 Å². The van der Waals surface area contributed by atoms with E-state index in [9.17, 15) is 4.79 Å². The lowest BCUT2D eigenvalue weighted by Crippen LogP contribution is -2.36. The number of methoxy groups -OCH3 is 2. The number of piperidine rings is 1. The first-order valence-corrected chi connectivity index (χ1v) is 9.84. The van der Waals surface area contributed by atoms with E-state index in [-0.39, 0.29) is 5.91 Å². The molecule has 6 nitrogen and oxygen atoms in total. The number of hydrogen-bond acceptors (Lipinski definition) is 5. The van der Waals surface area contributed by atoms with Gasteiger partial charge >= 0.3 is 0 Å². The van der Waals surface area contributed by atoms with Gasteiger partial charge in [0.15, 0.2) is 0 Å². The number of hydrogen-bond donors (Lipinski definition) is 1. The van der Waals surface area contributed by atoms with Gasteiger partial charge in [-0.2, -0.15) is 0 Å². The molecule has 0 aromatic heterocycles. The fourth-order valence-corrected chi connectivity index (χ4v) is 3.44. The molecule has 1 saturated heterocycles. The van der Waals surface area contributed by atoms with Crippen molar-refractivity contribution in [3.05, 3.63) is 18.2 Å². The van der Waals surface area contributed by atoms with Crippen LogP contribution >= 0.6 is 0 Å². The van der Waals surface area contributed by atoms with E-state index in [2.05, 4.69) is 12.2 Å². The summed E-state index contributed by atoms with van der Waals surface area (Å²) in [4.78, 5) is 14.3. The maximum Gasteiger partial charge on any atom is 0.222 e. The zero-order valence-corrected chi connectivity index (χ0v) is 17.1. The van der Waals surface area contributed by atoms with Crippen LogP contribution in [0.1, 0.15) is 32.6 Å². The number of ether oxygens (including phenoxy) is 3. The van der Waals surface area contributed by atoms with Crippen molar-refractivity contribution in [1.29, 1.82) is 0 Å². The Bertz CT molecular complexity index is 565. The minimum absolute atomic E-state index is 0.219. The van der Waals surface area contributed by atoms with Gasteiger partial charge in [0.2, 0.25) is 5.91 Å². The molecule has 1 aromatic carbocycles. The predicted octanol–water partition coefficient (Wildman–Crippen LogP) is 2.96. The SMILES string of the molecule is COc1cc(OC)cc(OCCCN(C)C(=O)CC(C)C2CCCNC2)c1. The summed E-state index contributed by atoms with van der Waals surface area (Å²) in [5, 5.41) is 3.43. The first-order valence-electron chi connectivity index (χ1n) is 9.84. The third kappa shape index (κ3) is 6.94. The normalized spacial score (nSPS) is 17.9. The lowest BCUT2D eigenvalue weighted by Gasteiger charge is -2.29. The average Bonchev–Trinajstić information content (AvgIpc) is 2.71. The van der Waals surface area contributed by atoms with Crippen LogP contribution in [0.5, 0.6) is 17.2 Å². The summed E-state index contributed by atoms with van der Waals surface area (Å²) in [5.41, 5.74) is 0. The summed E-state index contributed by atoms with van der Waals surface area (Å²) in [6, 6.07) is 5.47. The first-order chi connectivity index (χ1) is 13.0. The minimum Gasteiger partial charge on any atom is -0.496 e. The molecule has 0 saturated carbocycles. The lowest BCUT2D eigenvalue weighted by molar-refractivity contribution is -0.131. The van der Waals surface area contributed by atoms with Gasteiger partial charge in [0, 0.05) is 38.2 Å². The number of rotatable bonds is 10. The monoisotopic (exact) mass is 378 g/mol. The molecular weight excluding hydrogens is 344 g/mol. The van der Waals surface area contributed by atoms with Gasteiger partial charge in [0.1, 0.15) is 17.2 Å². The van der Waals surface area contributed by atoms with Crippen LogP contribution in [0.15, 0.2) is 18.2 Å². The van der Waals surface area contributed by atoms with E-state index >= 15 is 0 Å². The molecule has 152 valence electrons. The Morgan fingerprint density at radius 3 is 2.48 bits per heavy atom. The van der Waals surface area contributed by atoms with E-state index in [1.54, 1.807) is 14.2 Å². The summed E-state index contributed by atoms with van der Waals surface area (Å²) in [7, 11) is 5.11. The molecule has 27 heavy (non-hydrogen) atoms. The topological polar surface area (TPSA) is 60.0 Å². The van der Waals surface area contributed by atoms with E-state index in [0.717, 1.165) is 19.5 Å². The fourth-order valence-electron chi connectivity index (χ4n) is 3.44. The summed E-state index contributed by atoms with van der Waals surface area (Å²) >= 11 is 0. The van der Waals surface area contributed by atoms with Crippen molar-refractivity contribution in [3.63, 3.8) is 0 Å². The van der Waals surface area contributed by atoms with Crippen LogP contribution in [0, 0.1) is 11.8 Å². The highest BCUT2D eigenvalue weighted by molar-refractivity contribution is 5.76. The smallest absolute Gasteiger partial charge is 0.222 e. The molecule has 1 aromatic rings. The van der Waals surface area contributed by atoms with Gasteiger partial charge < -0.3 is 24.4 Å². The van der Waals surface area contributed by atoms with Crippen LogP contribution in [-0.4, -0.2) is 58.3 Å². The predicted molar refractivity (Wildman–Crippen MR) is 107 cm³/mol. The Labute approximate surface area is 163 Å². The molecule has 1 N–H and O–H groups in total. The van der Waals surface area contributed by atoms with Gasteiger partial charge in [-0.1, -0.05) is 6.92 Å². The molecule has 1 amide bonds. The van der Waals surface area contributed by atoms with Crippen LogP contribution < -0.4 is 19.5 Å². The van der Waals surface area contributed by atoms with Crippen LogP contribution in [0.4, 0.5) is 0 Å². The van der Waals surface area contributed by atoms with Gasteiger partial charge in [-0.05, 0) is 44.2 Å². The fraction of sp³-hybridized carbons (Fsp3) is 0.667. The minimum atomic E-state index is 0.219. The van der Waals surface area contributed by atoms with Gasteiger partial charge in [0.05, 0.1) is 20.8 Å². The van der Waals surface area contributed by atoms with Gasteiger partial charge in [-0.15, -0.1) is 0 Å². The second-order valence-electron chi connectivity index (χ2n) is 7.35. The lowest BCUT2D eigenvalue weighted by atomic mass is 9.85. The molecular formula is C21H34N2O4. The second kappa shape index (κ2) is 11.0. The third-order valence-electron chi connectivity index (χ3n) is 5.29. The molecule has 2 rings (SSSR count). The molecule has 6 heteroatoms. The van der Waals surface area contributed by atoms with Crippen LogP contribution in [0.2, 0.25) is 0 Å². The molecule has 0 aliphatic carbocycles. The van der Waals surface area contributed by atoms with Crippen molar-refractivity contribution in [1.82, 2.24) is 10.2 Å². The second-order valence-corrected chi connectivity index (χ2v) is 7.35. The maximum atomic E-state index is 12.5. The van der Waals surface area contributed by atoms with E-state index in [1.807, 2.05) is 30.1 Å². The first kappa shape index (κ1) is 21.4. The Balaban J connectivity index is 1.70. The summed E-state index contributed by atoms with van der Waals surface area (Å²) in [5.74, 6) is 3.36. The van der Waals surface area contributed by atoms with Gasteiger partial charge in [0.25, 0.3) is 0 Å². The third-order valence-corrected chi connectivity index (χ3v) is 5.29. The molecule has 2 unspecified atom stereocenters. The number of carbonyl (C=O) groups is 1. The van der Waals surface area contributed by atoms with E-state index in [4.69, 9.17) is 14.2 Å².